The van der Waals surface area contributed by atoms with Crippen LogP contribution < -0.4 is 10.1 Å². The first-order chi connectivity index (χ1) is 13.1. The van der Waals surface area contributed by atoms with Crippen LogP contribution in [0.3, 0.4) is 0 Å². The Morgan fingerprint density at radius 2 is 2.30 bits per heavy atom. The zero-order valence-corrected chi connectivity index (χ0v) is 17.7. The molecule has 1 aliphatic heterocycles. The Hall–Kier alpha value is -1.58. The summed E-state index contributed by atoms with van der Waals surface area (Å²) < 4.78 is 12.4. The van der Waals surface area contributed by atoms with Gasteiger partial charge in [0.1, 0.15) is 15.0 Å². The molecule has 0 saturated carbocycles. The number of fused-ring (bicyclic) bond motifs is 1. The van der Waals surface area contributed by atoms with Gasteiger partial charge in [-0.3, -0.25) is 0 Å². The summed E-state index contributed by atoms with van der Waals surface area (Å²) in [5.74, 6) is 1.80. The molecule has 0 bridgehead atoms. The molecule has 4 rings (SSSR count). The zero-order valence-electron chi connectivity index (χ0n) is 15.3. The summed E-state index contributed by atoms with van der Waals surface area (Å²) in [5, 5.41) is 11.8. The molecule has 1 aliphatic rings. The van der Waals surface area contributed by atoms with Gasteiger partial charge in [-0.15, -0.1) is 5.10 Å². The maximum absolute atomic E-state index is 6.03. The molecule has 0 radical (unpaired) electrons. The topological polar surface area (TPSA) is 86.0 Å². The maximum atomic E-state index is 6.03. The highest BCUT2D eigenvalue weighted by Gasteiger charge is 2.46. The van der Waals surface area contributed by atoms with E-state index in [9.17, 15) is 0 Å². The van der Waals surface area contributed by atoms with E-state index in [2.05, 4.69) is 55.4 Å². The Morgan fingerprint density at radius 3 is 3.07 bits per heavy atom. The molecule has 3 aromatic rings. The maximum Gasteiger partial charge on any atom is 0.275 e. The summed E-state index contributed by atoms with van der Waals surface area (Å²) in [4.78, 5) is 9.84. The number of hydrogen-bond acceptors (Lipinski definition) is 8. The number of pyridine rings is 1. The summed E-state index contributed by atoms with van der Waals surface area (Å²) in [5.41, 5.74) is 0.732. The van der Waals surface area contributed by atoms with Gasteiger partial charge in [-0.1, -0.05) is 25.2 Å². The Labute approximate surface area is 170 Å². The van der Waals surface area contributed by atoms with E-state index in [1.165, 1.54) is 11.3 Å². The average Bonchev–Trinajstić information content (AvgIpc) is 3.31. The van der Waals surface area contributed by atoms with Crippen LogP contribution in [0.15, 0.2) is 27.5 Å². The Balaban J connectivity index is 1.53. The van der Waals surface area contributed by atoms with Gasteiger partial charge in [-0.05, 0) is 65.8 Å². The Kier molecular flexibility index (Phi) is 5.43. The van der Waals surface area contributed by atoms with E-state index in [0.29, 0.717) is 23.6 Å². The molecule has 1 saturated heterocycles. The minimum Gasteiger partial charge on any atom is -0.470 e. The predicted molar refractivity (Wildman–Crippen MR) is 107 cm³/mol. The van der Waals surface area contributed by atoms with Crippen LogP contribution in [-0.2, 0) is 5.41 Å². The predicted octanol–water partition coefficient (Wildman–Crippen LogP) is 3.81. The molecule has 0 aromatic carbocycles. The van der Waals surface area contributed by atoms with Gasteiger partial charge in [-0.2, -0.15) is 0 Å². The SMILES string of the molecule is CC(C)C1CNCCC1(CCOc1nc2ccc(Br)nc2s1)c1cnno1. The van der Waals surface area contributed by atoms with Gasteiger partial charge >= 0.3 is 0 Å². The van der Waals surface area contributed by atoms with Crippen molar-refractivity contribution in [3.8, 4) is 5.19 Å². The molecule has 4 heterocycles. The molecule has 144 valence electrons. The fourth-order valence-corrected chi connectivity index (χ4v) is 5.35. The Morgan fingerprint density at radius 1 is 1.41 bits per heavy atom. The monoisotopic (exact) mass is 451 g/mol. The normalized spacial score (nSPS) is 23.2. The number of hydrogen-bond donors (Lipinski definition) is 1. The second kappa shape index (κ2) is 7.81. The highest BCUT2D eigenvalue weighted by atomic mass is 79.9. The molecule has 0 spiro atoms. The molecule has 27 heavy (non-hydrogen) atoms. The number of rotatable bonds is 6. The van der Waals surface area contributed by atoms with E-state index in [-0.39, 0.29) is 5.41 Å². The van der Waals surface area contributed by atoms with Crippen molar-refractivity contribution in [2.75, 3.05) is 19.7 Å². The van der Waals surface area contributed by atoms with Crippen molar-refractivity contribution in [3.63, 3.8) is 0 Å². The van der Waals surface area contributed by atoms with E-state index in [4.69, 9.17) is 9.26 Å². The van der Waals surface area contributed by atoms with Crippen LogP contribution in [0.4, 0.5) is 0 Å². The molecule has 7 nitrogen and oxygen atoms in total. The highest BCUT2D eigenvalue weighted by Crippen LogP contribution is 2.44. The standard InChI is InChI=1S/C18H22BrN5O2S/c1-11(2)12-9-20-7-5-18(12,14-10-21-24-26-14)6-8-25-17-22-13-3-4-15(19)23-16(13)27-17/h3-4,10-12,20H,5-9H2,1-2H3. The third-order valence-electron chi connectivity index (χ3n) is 5.45. The summed E-state index contributed by atoms with van der Waals surface area (Å²) in [7, 11) is 0. The van der Waals surface area contributed by atoms with Crippen molar-refractivity contribution in [2.24, 2.45) is 11.8 Å². The molecule has 9 heteroatoms. The number of nitrogens with one attached hydrogen (secondary N) is 1. The molecule has 0 aliphatic carbocycles. The molecule has 0 amide bonds. The van der Waals surface area contributed by atoms with Crippen LogP contribution in [0.1, 0.15) is 32.4 Å². The van der Waals surface area contributed by atoms with Crippen molar-refractivity contribution in [1.29, 1.82) is 0 Å². The van der Waals surface area contributed by atoms with Crippen molar-refractivity contribution in [3.05, 3.63) is 28.7 Å². The average molecular weight is 452 g/mol. The number of aromatic nitrogens is 4. The molecule has 3 aromatic heterocycles. The highest BCUT2D eigenvalue weighted by molar-refractivity contribution is 9.10. The first-order valence-corrected chi connectivity index (χ1v) is 10.7. The lowest BCUT2D eigenvalue weighted by atomic mass is 9.63. The van der Waals surface area contributed by atoms with Crippen LogP contribution in [0.2, 0.25) is 0 Å². The largest absolute Gasteiger partial charge is 0.470 e. The minimum atomic E-state index is -0.124. The van der Waals surface area contributed by atoms with Crippen LogP contribution in [-0.4, -0.2) is 40.0 Å². The summed E-state index contributed by atoms with van der Waals surface area (Å²) in [6.07, 6.45) is 3.58. The summed E-state index contributed by atoms with van der Waals surface area (Å²) in [6, 6.07) is 3.83. The lowest BCUT2D eigenvalue weighted by molar-refractivity contribution is 0.0902. The van der Waals surface area contributed by atoms with E-state index in [0.717, 1.165) is 46.6 Å². The van der Waals surface area contributed by atoms with Gasteiger partial charge in [0.25, 0.3) is 5.19 Å². The van der Waals surface area contributed by atoms with Gasteiger partial charge in [0.15, 0.2) is 5.76 Å². The fraction of sp³-hybridized carbons (Fsp3) is 0.556. The van der Waals surface area contributed by atoms with Crippen molar-refractivity contribution in [2.45, 2.75) is 32.1 Å². The number of ether oxygens (including phenoxy) is 1. The van der Waals surface area contributed by atoms with Crippen LogP contribution >= 0.6 is 27.3 Å². The molecule has 1 N–H and O–H groups in total. The second-order valence-corrected chi connectivity index (χ2v) is 9.03. The van der Waals surface area contributed by atoms with Gasteiger partial charge < -0.3 is 14.6 Å². The smallest absolute Gasteiger partial charge is 0.275 e. The van der Waals surface area contributed by atoms with E-state index < -0.39 is 0 Å². The van der Waals surface area contributed by atoms with E-state index >= 15 is 0 Å². The number of halogens is 1. The fourth-order valence-electron chi connectivity index (χ4n) is 4.11. The zero-order chi connectivity index (χ0) is 18.9. The van der Waals surface area contributed by atoms with Crippen molar-refractivity contribution in [1.82, 2.24) is 25.7 Å². The van der Waals surface area contributed by atoms with Crippen LogP contribution in [0.5, 0.6) is 5.19 Å². The van der Waals surface area contributed by atoms with Gasteiger partial charge in [0.05, 0.1) is 12.8 Å². The van der Waals surface area contributed by atoms with Gasteiger partial charge in [0.2, 0.25) is 0 Å². The molecule has 2 unspecified atom stereocenters. The molecule has 2 atom stereocenters. The van der Waals surface area contributed by atoms with Crippen molar-refractivity contribution >= 4 is 37.6 Å². The van der Waals surface area contributed by atoms with Crippen LogP contribution in [0.25, 0.3) is 10.3 Å². The van der Waals surface area contributed by atoms with E-state index in [1.807, 2.05) is 12.1 Å². The third kappa shape index (κ3) is 3.72. The minimum absolute atomic E-state index is 0.124. The van der Waals surface area contributed by atoms with Crippen molar-refractivity contribution < 1.29 is 9.26 Å². The number of thiazole rings is 1. The first kappa shape index (κ1) is 18.8. The van der Waals surface area contributed by atoms with Crippen LogP contribution in [0, 0.1) is 11.8 Å². The van der Waals surface area contributed by atoms with Gasteiger partial charge in [0, 0.05) is 10.7 Å². The third-order valence-corrected chi connectivity index (χ3v) is 6.77. The lowest BCUT2D eigenvalue weighted by Crippen LogP contribution is -2.50. The number of piperidine rings is 1. The quantitative estimate of drug-likeness (QED) is 0.570. The van der Waals surface area contributed by atoms with E-state index in [1.54, 1.807) is 6.20 Å². The first-order valence-electron chi connectivity index (χ1n) is 9.13. The summed E-state index contributed by atoms with van der Waals surface area (Å²) in [6.45, 7) is 6.98. The molecular formula is C18H22BrN5O2S. The second-order valence-electron chi connectivity index (χ2n) is 7.28. The Bertz CT molecular complexity index is 900. The molecular weight excluding hydrogens is 430 g/mol. The van der Waals surface area contributed by atoms with Gasteiger partial charge in [-0.25, -0.2) is 9.97 Å². The molecule has 1 fully saturated rings. The number of nitrogens with zero attached hydrogens (tertiary/aromatic N) is 4. The summed E-state index contributed by atoms with van der Waals surface area (Å²) >= 11 is 4.86. The lowest BCUT2D eigenvalue weighted by Gasteiger charge is -2.44.